The Hall–Kier alpha value is 0.480. The van der Waals surface area contributed by atoms with Crippen molar-refractivity contribution < 1.29 is 0 Å². The van der Waals surface area contributed by atoms with Crippen molar-refractivity contribution in [2.24, 2.45) is 17.8 Å². The largest absolute Gasteiger partial charge is 0.0925 e. The highest BCUT2D eigenvalue weighted by Crippen LogP contribution is 2.49. The van der Waals surface area contributed by atoms with Crippen molar-refractivity contribution in [2.75, 3.05) is 5.33 Å². The minimum absolute atomic E-state index is 1.05. The third-order valence-corrected chi connectivity index (χ3v) is 4.21. The van der Waals surface area contributed by atoms with Gasteiger partial charge in [-0.05, 0) is 30.6 Å². The van der Waals surface area contributed by atoms with Gasteiger partial charge < -0.3 is 0 Å². The summed E-state index contributed by atoms with van der Waals surface area (Å²) in [4.78, 5) is 0. The molecule has 1 heteroatoms. The van der Waals surface area contributed by atoms with Crippen molar-refractivity contribution >= 4 is 15.9 Å². The summed E-state index contributed by atoms with van der Waals surface area (Å²) in [6, 6.07) is 0. The first kappa shape index (κ1) is 7.15. The highest BCUT2D eigenvalue weighted by molar-refractivity contribution is 9.09. The Morgan fingerprint density at radius 3 is 2.70 bits per heavy atom. The average Bonchev–Trinajstić information content (AvgIpc) is 1.92. The molecular weight excluding hydrogens is 188 g/mol. The zero-order valence-electron chi connectivity index (χ0n) is 6.35. The van der Waals surface area contributed by atoms with E-state index in [9.17, 15) is 0 Å². The Morgan fingerprint density at radius 1 is 1.20 bits per heavy atom. The van der Waals surface area contributed by atoms with Crippen LogP contribution in [-0.2, 0) is 0 Å². The van der Waals surface area contributed by atoms with Gasteiger partial charge in [-0.25, -0.2) is 0 Å². The number of hydrogen-bond acceptors (Lipinski definition) is 0. The van der Waals surface area contributed by atoms with Gasteiger partial charge in [0, 0.05) is 5.33 Å². The van der Waals surface area contributed by atoms with Gasteiger partial charge in [0.15, 0.2) is 0 Å². The van der Waals surface area contributed by atoms with Crippen LogP contribution in [0.3, 0.4) is 0 Å². The fourth-order valence-electron chi connectivity index (χ4n) is 2.69. The minimum atomic E-state index is 1.05. The molecule has 0 heterocycles. The minimum Gasteiger partial charge on any atom is -0.0925 e. The molecule has 2 saturated carbocycles. The molecule has 58 valence electrons. The summed E-state index contributed by atoms with van der Waals surface area (Å²) < 4.78 is 0. The molecule has 3 unspecified atom stereocenters. The van der Waals surface area contributed by atoms with E-state index < -0.39 is 0 Å². The predicted molar refractivity (Wildman–Crippen MR) is 47.3 cm³/mol. The van der Waals surface area contributed by atoms with Crippen LogP contribution in [0.15, 0.2) is 0 Å². The summed E-state index contributed by atoms with van der Waals surface area (Å²) in [5, 5.41) is 1.26. The zero-order valence-corrected chi connectivity index (χ0v) is 7.94. The molecule has 10 heavy (non-hydrogen) atoms. The lowest BCUT2D eigenvalue weighted by molar-refractivity contribution is 0.0459. The van der Waals surface area contributed by atoms with Gasteiger partial charge in [-0.15, -0.1) is 0 Å². The molecule has 0 bridgehead atoms. The summed E-state index contributed by atoms with van der Waals surface area (Å²) in [5.41, 5.74) is 0. The average molecular weight is 203 g/mol. The first-order valence-corrected chi connectivity index (χ1v) is 5.60. The molecule has 0 saturated heterocycles. The van der Waals surface area contributed by atoms with E-state index in [1.54, 1.807) is 0 Å². The first-order valence-electron chi connectivity index (χ1n) is 4.48. The van der Waals surface area contributed by atoms with Crippen molar-refractivity contribution in [3.05, 3.63) is 0 Å². The van der Waals surface area contributed by atoms with Crippen LogP contribution in [0, 0.1) is 17.8 Å². The summed E-state index contributed by atoms with van der Waals surface area (Å²) in [7, 11) is 0. The Bertz CT molecular complexity index is 118. The van der Waals surface area contributed by atoms with Crippen LogP contribution in [0.5, 0.6) is 0 Å². The van der Waals surface area contributed by atoms with E-state index >= 15 is 0 Å². The Balaban J connectivity index is 1.89. The molecule has 2 rings (SSSR count). The molecule has 0 N–H and O–H groups in total. The van der Waals surface area contributed by atoms with Crippen LogP contribution in [0.25, 0.3) is 0 Å². The van der Waals surface area contributed by atoms with Crippen LogP contribution < -0.4 is 0 Å². The van der Waals surface area contributed by atoms with E-state index in [2.05, 4.69) is 15.9 Å². The van der Waals surface area contributed by atoms with Crippen molar-refractivity contribution in [3.8, 4) is 0 Å². The van der Waals surface area contributed by atoms with E-state index in [-0.39, 0.29) is 0 Å². The summed E-state index contributed by atoms with van der Waals surface area (Å²) >= 11 is 3.59. The molecule has 0 amide bonds. The zero-order chi connectivity index (χ0) is 6.97. The number of fused-ring (bicyclic) bond motifs is 1. The van der Waals surface area contributed by atoms with Gasteiger partial charge in [0.25, 0.3) is 0 Å². The lowest BCUT2D eigenvalue weighted by Crippen LogP contribution is -2.39. The summed E-state index contributed by atoms with van der Waals surface area (Å²) in [6.07, 6.45) is 7.60. The van der Waals surface area contributed by atoms with E-state index in [0.717, 1.165) is 17.8 Å². The number of alkyl halides is 1. The molecular formula is C9H15Br. The SMILES string of the molecule is BrCC1CC2CCCCC12. The molecule has 0 nitrogen and oxygen atoms in total. The molecule has 0 aromatic rings. The molecule has 2 aliphatic rings. The Morgan fingerprint density at radius 2 is 2.00 bits per heavy atom. The molecule has 2 aliphatic carbocycles. The fourth-order valence-corrected chi connectivity index (χ4v) is 3.44. The Labute approximate surface area is 71.5 Å². The maximum atomic E-state index is 3.59. The van der Waals surface area contributed by atoms with Gasteiger partial charge in [0.05, 0.1) is 0 Å². The lowest BCUT2D eigenvalue weighted by Gasteiger charge is -2.47. The third-order valence-electron chi connectivity index (χ3n) is 3.38. The fraction of sp³-hybridized carbons (Fsp3) is 1.00. The second-order valence-corrected chi connectivity index (χ2v) is 4.51. The second kappa shape index (κ2) is 2.84. The normalized spacial score (nSPS) is 45.9. The van der Waals surface area contributed by atoms with Gasteiger partial charge in [0.2, 0.25) is 0 Å². The maximum absolute atomic E-state index is 3.59. The molecule has 0 aromatic heterocycles. The third kappa shape index (κ3) is 1.03. The molecule has 0 aliphatic heterocycles. The van der Waals surface area contributed by atoms with E-state index in [0.29, 0.717) is 0 Å². The monoisotopic (exact) mass is 202 g/mol. The van der Waals surface area contributed by atoms with Crippen LogP contribution in [0.2, 0.25) is 0 Å². The van der Waals surface area contributed by atoms with E-state index in [1.165, 1.54) is 37.4 Å². The second-order valence-electron chi connectivity index (χ2n) is 3.86. The van der Waals surface area contributed by atoms with Gasteiger partial charge in [0.1, 0.15) is 0 Å². The summed E-state index contributed by atoms with van der Waals surface area (Å²) in [5.74, 6) is 3.30. The predicted octanol–water partition coefficient (Wildman–Crippen LogP) is 3.21. The van der Waals surface area contributed by atoms with Crippen LogP contribution >= 0.6 is 15.9 Å². The number of rotatable bonds is 1. The molecule has 2 fully saturated rings. The van der Waals surface area contributed by atoms with Crippen molar-refractivity contribution in [3.63, 3.8) is 0 Å². The van der Waals surface area contributed by atoms with E-state index in [4.69, 9.17) is 0 Å². The first-order chi connectivity index (χ1) is 4.92. The quantitative estimate of drug-likeness (QED) is 0.574. The van der Waals surface area contributed by atoms with Gasteiger partial charge in [-0.3, -0.25) is 0 Å². The standard InChI is InChI=1S/C9H15Br/c10-6-8-5-7-3-1-2-4-9(7)8/h7-9H,1-6H2. The van der Waals surface area contributed by atoms with Crippen molar-refractivity contribution in [1.82, 2.24) is 0 Å². The van der Waals surface area contributed by atoms with Crippen LogP contribution in [0.4, 0.5) is 0 Å². The topological polar surface area (TPSA) is 0 Å². The molecule has 0 aromatic carbocycles. The van der Waals surface area contributed by atoms with Gasteiger partial charge >= 0.3 is 0 Å². The van der Waals surface area contributed by atoms with Crippen molar-refractivity contribution in [2.45, 2.75) is 32.1 Å². The highest BCUT2D eigenvalue weighted by Gasteiger charge is 2.40. The lowest BCUT2D eigenvalue weighted by atomic mass is 9.59. The van der Waals surface area contributed by atoms with Crippen molar-refractivity contribution in [1.29, 1.82) is 0 Å². The Kier molecular flexibility index (Phi) is 2.03. The molecule has 0 radical (unpaired) electrons. The number of halogens is 1. The maximum Gasteiger partial charge on any atom is 0.00625 e. The number of hydrogen-bond donors (Lipinski definition) is 0. The van der Waals surface area contributed by atoms with Crippen LogP contribution in [-0.4, -0.2) is 5.33 Å². The van der Waals surface area contributed by atoms with Gasteiger partial charge in [-0.2, -0.15) is 0 Å². The smallest absolute Gasteiger partial charge is 0.00625 e. The highest BCUT2D eigenvalue weighted by atomic mass is 79.9. The summed E-state index contributed by atoms with van der Waals surface area (Å²) in [6.45, 7) is 0. The van der Waals surface area contributed by atoms with Crippen LogP contribution in [0.1, 0.15) is 32.1 Å². The van der Waals surface area contributed by atoms with Gasteiger partial charge in [-0.1, -0.05) is 35.2 Å². The molecule has 0 spiro atoms. The molecule has 3 atom stereocenters. The van der Waals surface area contributed by atoms with E-state index in [1.807, 2.05) is 0 Å².